The van der Waals surface area contributed by atoms with Crippen LogP contribution in [0.2, 0.25) is 5.02 Å². The Balaban J connectivity index is 1.42. The molecule has 0 aliphatic carbocycles. The predicted octanol–water partition coefficient (Wildman–Crippen LogP) is 8.42. The second-order valence-electron chi connectivity index (χ2n) is 8.48. The van der Waals surface area contributed by atoms with Crippen LogP contribution in [0.1, 0.15) is 16.7 Å². The monoisotopic (exact) mass is 728 g/mol. The Morgan fingerprint density at radius 1 is 1.02 bits per heavy atom. The van der Waals surface area contributed by atoms with Gasteiger partial charge < -0.3 is 19.5 Å². The molecular weight excluding hydrogens is 707 g/mol. The van der Waals surface area contributed by atoms with E-state index in [4.69, 9.17) is 25.8 Å². The summed E-state index contributed by atoms with van der Waals surface area (Å²) in [4.78, 5) is 12.9. The van der Waals surface area contributed by atoms with Crippen molar-refractivity contribution in [3.05, 3.63) is 120 Å². The second kappa shape index (κ2) is 14.2. The second-order valence-corrected chi connectivity index (χ2v) is 11.0. The molecule has 4 aromatic rings. The van der Waals surface area contributed by atoms with Gasteiger partial charge in [0.2, 0.25) is 0 Å². The number of amides is 1. The zero-order chi connectivity index (χ0) is 28.5. The third-order valence-electron chi connectivity index (χ3n) is 5.69. The fraction of sp³-hybridized carbons (Fsp3) is 0.0968. The van der Waals surface area contributed by atoms with Crippen LogP contribution in [-0.4, -0.2) is 13.0 Å². The summed E-state index contributed by atoms with van der Waals surface area (Å²) in [5.74, 6) is 1.18. The molecule has 0 radical (unpaired) electrons. The van der Waals surface area contributed by atoms with Crippen LogP contribution in [0, 0.1) is 14.9 Å². The van der Waals surface area contributed by atoms with Crippen LogP contribution in [0.5, 0.6) is 17.2 Å². The molecule has 1 N–H and O–H groups in total. The maximum absolute atomic E-state index is 12.9. The first-order chi connectivity index (χ1) is 19.4. The van der Waals surface area contributed by atoms with Gasteiger partial charge in [-0.05, 0) is 94.4 Å². The number of nitrogens with one attached hydrogen (secondary N) is 1. The van der Waals surface area contributed by atoms with Gasteiger partial charge in [-0.2, -0.15) is 5.26 Å². The highest BCUT2D eigenvalue weighted by Crippen LogP contribution is 2.35. The molecule has 0 saturated heterocycles. The van der Waals surface area contributed by atoms with Gasteiger partial charge in [-0.25, -0.2) is 0 Å². The molecule has 202 valence electrons. The third-order valence-corrected chi connectivity index (χ3v) is 7.39. The molecule has 40 heavy (non-hydrogen) atoms. The van der Waals surface area contributed by atoms with Gasteiger partial charge in [0.25, 0.3) is 5.91 Å². The number of hydrogen-bond donors (Lipinski definition) is 1. The van der Waals surface area contributed by atoms with E-state index in [9.17, 15) is 10.1 Å². The van der Waals surface area contributed by atoms with E-state index >= 15 is 0 Å². The molecular formula is C31H23BrClIN2O4. The number of ether oxygens (including phenoxy) is 3. The number of benzene rings is 4. The topological polar surface area (TPSA) is 80.6 Å². The first-order valence-electron chi connectivity index (χ1n) is 12.0. The average Bonchev–Trinajstić information content (AvgIpc) is 2.96. The summed E-state index contributed by atoms with van der Waals surface area (Å²) in [6.07, 6.45) is 1.51. The Kier molecular flexibility index (Phi) is 10.5. The molecule has 0 fully saturated rings. The van der Waals surface area contributed by atoms with E-state index in [0.717, 1.165) is 19.2 Å². The van der Waals surface area contributed by atoms with Crippen LogP contribution < -0.4 is 19.5 Å². The maximum Gasteiger partial charge on any atom is 0.266 e. The fourth-order valence-corrected chi connectivity index (χ4v) is 4.86. The quantitative estimate of drug-likeness (QED) is 0.101. The van der Waals surface area contributed by atoms with Gasteiger partial charge >= 0.3 is 0 Å². The molecule has 0 bridgehead atoms. The van der Waals surface area contributed by atoms with Crippen LogP contribution in [0.25, 0.3) is 6.08 Å². The van der Waals surface area contributed by atoms with E-state index in [0.29, 0.717) is 46.7 Å². The summed E-state index contributed by atoms with van der Waals surface area (Å²) < 4.78 is 19.1. The Morgan fingerprint density at radius 3 is 2.42 bits per heavy atom. The molecule has 9 heteroatoms. The van der Waals surface area contributed by atoms with E-state index < -0.39 is 5.91 Å². The van der Waals surface area contributed by atoms with Gasteiger partial charge in [0.15, 0.2) is 11.5 Å². The smallest absolute Gasteiger partial charge is 0.266 e. The summed E-state index contributed by atoms with van der Waals surface area (Å²) in [5.41, 5.74) is 2.99. The summed E-state index contributed by atoms with van der Waals surface area (Å²) in [5, 5.41) is 13.1. The average molecular weight is 730 g/mol. The predicted molar refractivity (Wildman–Crippen MR) is 169 cm³/mol. The number of carbonyl (C=O) groups is 1. The van der Waals surface area contributed by atoms with Gasteiger partial charge in [-0.15, -0.1) is 0 Å². The van der Waals surface area contributed by atoms with Crippen molar-refractivity contribution in [2.24, 2.45) is 0 Å². The lowest BCUT2D eigenvalue weighted by molar-refractivity contribution is -0.112. The van der Waals surface area contributed by atoms with Crippen molar-refractivity contribution >= 4 is 67.8 Å². The highest BCUT2D eigenvalue weighted by atomic mass is 127. The van der Waals surface area contributed by atoms with E-state index in [1.54, 1.807) is 37.4 Å². The van der Waals surface area contributed by atoms with Crippen molar-refractivity contribution in [3.8, 4) is 23.3 Å². The summed E-state index contributed by atoms with van der Waals surface area (Å²) >= 11 is 11.8. The van der Waals surface area contributed by atoms with Crippen LogP contribution in [0.15, 0.2) is 95.0 Å². The van der Waals surface area contributed by atoms with Crippen LogP contribution in [-0.2, 0) is 18.0 Å². The van der Waals surface area contributed by atoms with E-state index in [2.05, 4.69) is 43.8 Å². The molecule has 0 saturated carbocycles. The van der Waals surface area contributed by atoms with E-state index in [1.165, 1.54) is 6.08 Å². The minimum atomic E-state index is -0.531. The van der Waals surface area contributed by atoms with Crippen molar-refractivity contribution in [2.45, 2.75) is 13.2 Å². The highest BCUT2D eigenvalue weighted by Gasteiger charge is 2.15. The van der Waals surface area contributed by atoms with Gasteiger partial charge in [0.1, 0.15) is 30.6 Å². The van der Waals surface area contributed by atoms with E-state index in [1.807, 2.05) is 60.7 Å². The first kappa shape index (κ1) is 29.5. The fourth-order valence-electron chi connectivity index (χ4n) is 3.62. The third kappa shape index (κ3) is 8.01. The number of rotatable bonds is 10. The number of carbonyl (C=O) groups excluding carboxylic acids is 1. The molecule has 0 aromatic heterocycles. The number of halogens is 3. The zero-order valence-electron chi connectivity index (χ0n) is 21.3. The van der Waals surface area contributed by atoms with Crippen molar-refractivity contribution in [2.75, 3.05) is 12.4 Å². The molecule has 0 aliphatic rings. The van der Waals surface area contributed by atoms with Crippen LogP contribution in [0.3, 0.4) is 0 Å². The molecule has 0 aliphatic heterocycles. The van der Waals surface area contributed by atoms with Crippen molar-refractivity contribution in [1.29, 1.82) is 5.26 Å². The first-order valence-corrected chi connectivity index (χ1v) is 14.3. The number of nitrogens with zero attached hydrogens (tertiary/aromatic N) is 1. The molecule has 1 amide bonds. The van der Waals surface area contributed by atoms with Gasteiger partial charge in [-0.3, -0.25) is 4.79 Å². The lowest BCUT2D eigenvalue weighted by atomic mass is 10.1. The molecule has 0 unspecified atom stereocenters. The molecule has 0 spiro atoms. The number of methoxy groups -OCH3 is 1. The minimum Gasteiger partial charge on any atom is -0.493 e. The molecule has 4 aromatic carbocycles. The molecule has 0 atom stereocenters. The normalized spacial score (nSPS) is 10.9. The molecule has 6 nitrogen and oxygen atoms in total. The summed E-state index contributed by atoms with van der Waals surface area (Å²) in [6, 6.07) is 27.7. The largest absolute Gasteiger partial charge is 0.493 e. The van der Waals surface area contributed by atoms with Gasteiger partial charge in [0.05, 0.1) is 10.7 Å². The summed E-state index contributed by atoms with van der Waals surface area (Å²) in [6.45, 7) is 0.688. The van der Waals surface area contributed by atoms with Crippen LogP contribution >= 0.6 is 50.1 Å². The molecule has 0 heterocycles. The number of hydrogen-bond acceptors (Lipinski definition) is 5. The van der Waals surface area contributed by atoms with E-state index in [-0.39, 0.29) is 5.57 Å². The minimum absolute atomic E-state index is 0.0552. The Hall–Kier alpha value is -3.52. The molecule has 4 rings (SSSR count). The van der Waals surface area contributed by atoms with Crippen molar-refractivity contribution in [3.63, 3.8) is 0 Å². The Bertz CT molecular complexity index is 1570. The van der Waals surface area contributed by atoms with Crippen molar-refractivity contribution < 1.29 is 19.0 Å². The SMILES string of the molecule is COc1cc(/C=C(\C#N)C(=O)Nc2ccc(OCc3ccccc3Cl)cc2)cc(I)c1OCc1ccc(Br)cc1. The Labute approximate surface area is 259 Å². The standard InChI is InChI=1S/C31H23BrClIN2O4/c1-38-29-16-21(15-28(34)30(29)40-18-20-6-8-24(32)9-7-20)14-23(17-35)31(37)36-25-10-12-26(13-11-25)39-19-22-4-2-3-5-27(22)33/h2-16H,18-19H2,1H3,(H,36,37)/b23-14+. The highest BCUT2D eigenvalue weighted by molar-refractivity contribution is 14.1. The lowest BCUT2D eigenvalue weighted by Crippen LogP contribution is -2.13. The van der Waals surface area contributed by atoms with Gasteiger partial charge in [-0.1, -0.05) is 57.9 Å². The Morgan fingerprint density at radius 2 is 1.75 bits per heavy atom. The number of nitriles is 1. The zero-order valence-corrected chi connectivity index (χ0v) is 25.8. The lowest BCUT2D eigenvalue weighted by Gasteiger charge is -2.14. The maximum atomic E-state index is 12.9. The number of anilines is 1. The van der Waals surface area contributed by atoms with Crippen molar-refractivity contribution in [1.82, 2.24) is 0 Å². The summed E-state index contributed by atoms with van der Waals surface area (Å²) in [7, 11) is 1.55. The van der Waals surface area contributed by atoms with Crippen LogP contribution in [0.4, 0.5) is 5.69 Å². The van der Waals surface area contributed by atoms with Gasteiger partial charge in [0, 0.05) is 20.7 Å².